The highest BCUT2D eigenvalue weighted by atomic mass is 16.7. The molecule has 1 atom stereocenters. The van der Waals surface area contributed by atoms with Crippen LogP contribution in [0.25, 0.3) is 11.4 Å². The van der Waals surface area contributed by atoms with Crippen LogP contribution in [-0.4, -0.2) is 50.4 Å². The lowest BCUT2D eigenvalue weighted by atomic mass is 10.0. The molecule has 2 N–H and O–H groups in total. The first-order valence-electron chi connectivity index (χ1n) is 11.7. The Morgan fingerprint density at radius 1 is 1.16 bits per heavy atom. The number of H-pyrrole nitrogens is 1. The minimum atomic E-state index is -0.537. The molecule has 188 valence electrons. The maximum Gasteiger partial charge on any atom is 0.338 e. The molecule has 12 heteroatoms. The maximum absolute atomic E-state index is 13.4. The second-order valence-corrected chi connectivity index (χ2v) is 8.43. The molecule has 37 heavy (non-hydrogen) atoms. The second-order valence-electron chi connectivity index (χ2n) is 8.43. The number of hydrogen-bond donors (Lipinski definition) is 2. The number of aromatic nitrogens is 4. The monoisotopic (exact) mass is 502 g/mol. The minimum absolute atomic E-state index is 0.167. The molecule has 2 aliphatic rings. The average Bonchev–Trinajstić information content (AvgIpc) is 3.68. The average molecular weight is 502 g/mol. The fourth-order valence-corrected chi connectivity index (χ4v) is 4.29. The summed E-state index contributed by atoms with van der Waals surface area (Å²) in [7, 11) is 0. The predicted molar refractivity (Wildman–Crippen MR) is 128 cm³/mol. The number of esters is 1. The number of nitrogens with one attached hydrogen (secondary N) is 2. The van der Waals surface area contributed by atoms with Gasteiger partial charge in [-0.3, -0.25) is 0 Å². The lowest BCUT2D eigenvalue weighted by Crippen LogP contribution is -2.41. The van der Waals surface area contributed by atoms with Gasteiger partial charge >= 0.3 is 12.0 Å². The molecule has 0 bridgehead atoms. The summed E-state index contributed by atoms with van der Waals surface area (Å²) in [6, 6.07) is 11.0. The van der Waals surface area contributed by atoms with Crippen molar-refractivity contribution in [3.05, 3.63) is 71.6 Å². The third-order valence-corrected chi connectivity index (χ3v) is 6.16. The van der Waals surface area contributed by atoms with E-state index >= 15 is 0 Å². The van der Waals surface area contributed by atoms with Gasteiger partial charge in [0.1, 0.15) is 6.04 Å². The number of fused-ring (bicyclic) bond motifs is 2. The number of benzene rings is 2. The third kappa shape index (κ3) is 4.33. The largest absolute Gasteiger partial charge is 0.462 e. The van der Waals surface area contributed by atoms with Gasteiger partial charge in [-0.05, 0) is 49.4 Å². The summed E-state index contributed by atoms with van der Waals surface area (Å²) in [6.45, 7) is 2.47. The Kier molecular flexibility index (Phi) is 5.68. The molecule has 2 aromatic heterocycles. The molecule has 0 aliphatic carbocycles. The zero-order chi connectivity index (χ0) is 25.4. The lowest BCUT2D eigenvalue weighted by Gasteiger charge is -2.32. The highest BCUT2D eigenvalue weighted by Gasteiger charge is 2.36. The fourth-order valence-electron chi connectivity index (χ4n) is 4.29. The molecule has 0 spiro atoms. The highest BCUT2D eigenvalue weighted by Crippen LogP contribution is 2.36. The summed E-state index contributed by atoms with van der Waals surface area (Å²) >= 11 is 0. The standard InChI is InChI=1S/C25H22N6O6/c1-2-34-24(32)14-3-6-16(7-4-14)28-25(33)31-11-18-17(26-12-27-18)10-19(31)23-29-22(30-37-23)15-5-8-20-21(9-15)36-13-35-20/h3-9,12,19H,2,10-11,13H2,1H3,(H,26,27)(H,28,33)/t19-/m0/s1. The minimum Gasteiger partial charge on any atom is -0.462 e. The van der Waals surface area contributed by atoms with E-state index in [0.717, 1.165) is 11.4 Å². The number of carbonyl (C=O) groups excluding carboxylic acids is 2. The number of rotatable bonds is 5. The van der Waals surface area contributed by atoms with Crippen LogP contribution in [0.15, 0.2) is 53.3 Å². The molecule has 0 radical (unpaired) electrons. The van der Waals surface area contributed by atoms with E-state index in [2.05, 4.69) is 25.4 Å². The molecule has 0 saturated heterocycles. The molecule has 6 rings (SSSR count). The highest BCUT2D eigenvalue weighted by molar-refractivity contribution is 5.92. The van der Waals surface area contributed by atoms with Crippen molar-refractivity contribution in [2.45, 2.75) is 25.9 Å². The van der Waals surface area contributed by atoms with Crippen LogP contribution in [-0.2, 0) is 17.7 Å². The quantitative estimate of drug-likeness (QED) is 0.390. The van der Waals surface area contributed by atoms with Crippen LogP contribution in [0, 0.1) is 0 Å². The Balaban J connectivity index is 1.24. The van der Waals surface area contributed by atoms with Crippen LogP contribution in [0.4, 0.5) is 10.5 Å². The third-order valence-electron chi connectivity index (χ3n) is 6.16. The van der Waals surface area contributed by atoms with E-state index in [1.165, 1.54) is 0 Å². The van der Waals surface area contributed by atoms with Gasteiger partial charge in [0.15, 0.2) is 11.5 Å². The van der Waals surface area contributed by atoms with Crippen molar-refractivity contribution < 1.29 is 28.3 Å². The van der Waals surface area contributed by atoms with E-state index < -0.39 is 12.0 Å². The topological polar surface area (TPSA) is 145 Å². The van der Waals surface area contributed by atoms with Crippen molar-refractivity contribution in [2.75, 3.05) is 18.7 Å². The molecule has 2 amide bonds. The number of carbonyl (C=O) groups is 2. The van der Waals surface area contributed by atoms with E-state index in [4.69, 9.17) is 18.7 Å². The van der Waals surface area contributed by atoms with Crippen LogP contribution >= 0.6 is 0 Å². The first kappa shape index (κ1) is 22.6. The Bertz CT molecular complexity index is 1460. The number of hydrogen-bond acceptors (Lipinski definition) is 9. The van der Waals surface area contributed by atoms with Gasteiger partial charge in [0.2, 0.25) is 18.5 Å². The van der Waals surface area contributed by atoms with Crippen molar-refractivity contribution in [1.82, 2.24) is 25.0 Å². The molecular formula is C25H22N6O6. The molecule has 0 fully saturated rings. The normalized spacial score (nSPS) is 15.8. The molecular weight excluding hydrogens is 480 g/mol. The van der Waals surface area contributed by atoms with E-state index in [9.17, 15) is 9.59 Å². The van der Waals surface area contributed by atoms with Crippen LogP contribution < -0.4 is 14.8 Å². The van der Waals surface area contributed by atoms with Crippen LogP contribution in [0.3, 0.4) is 0 Å². The lowest BCUT2D eigenvalue weighted by molar-refractivity contribution is 0.0526. The fraction of sp³-hybridized carbons (Fsp3) is 0.240. The maximum atomic E-state index is 13.4. The zero-order valence-corrected chi connectivity index (χ0v) is 19.8. The summed E-state index contributed by atoms with van der Waals surface area (Å²) in [5.74, 6) is 1.50. The molecule has 0 unspecified atom stereocenters. The Hall–Kier alpha value is -4.87. The molecule has 0 saturated carbocycles. The van der Waals surface area contributed by atoms with Gasteiger partial charge in [-0.25, -0.2) is 14.6 Å². The summed E-state index contributed by atoms with van der Waals surface area (Å²) in [5.41, 5.74) is 3.29. The van der Waals surface area contributed by atoms with E-state index in [0.29, 0.717) is 40.6 Å². The van der Waals surface area contributed by atoms with Gasteiger partial charge in [0, 0.05) is 17.7 Å². The van der Waals surface area contributed by atoms with Gasteiger partial charge in [-0.2, -0.15) is 4.98 Å². The molecule has 12 nitrogen and oxygen atoms in total. The van der Waals surface area contributed by atoms with Gasteiger partial charge in [0.25, 0.3) is 0 Å². The summed E-state index contributed by atoms with van der Waals surface area (Å²) < 4.78 is 21.4. The molecule has 4 aromatic rings. The summed E-state index contributed by atoms with van der Waals surface area (Å²) in [5, 5.41) is 7.02. The van der Waals surface area contributed by atoms with E-state index in [1.807, 2.05) is 6.07 Å². The number of anilines is 1. The van der Waals surface area contributed by atoms with Crippen molar-refractivity contribution >= 4 is 17.7 Å². The van der Waals surface area contributed by atoms with Gasteiger partial charge in [-0.15, -0.1) is 0 Å². The SMILES string of the molecule is CCOC(=O)c1ccc(NC(=O)N2Cc3[nH]cnc3C[C@H]2c2nc(-c3ccc4c(c3)OCO4)no2)cc1. The predicted octanol–water partition coefficient (Wildman–Crippen LogP) is 3.70. The number of aromatic amines is 1. The summed E-state index contributed by atoms with van der Waals surface area (Å²) in [6.07, 6.45) is 2.00. The number of nitrogens with zero attached hydrogens (tertiary/aromatic N) is 4. The van der Waals surface area contributed by atoms with E-state index in [1.54, 1.807) is 54.5 Å². The molecule has 2 aromatic carbocycles. The molecule has 4 heterocycles. The Labute approximate surface area is 210 Å². The number of imidazole rings is 1. The first-order chi connectivity index (χ1) is 18.1. The van der Waals surface area contributed by atoms with E-state index in [-0.39, 0.29) is 31.9 Å². The Morgan fingerprint density at radius 3 is 2.84 bits per heavy atom. The van der Waals surface area contributed by atoms with Crippen LogP contribution in [0.2, 0.25) is 0 Å². The van der Waals surface area contributed by atoms with Gasteiger partial charge in [0.05, 0.1) is 36.4 Å². The van der Waals surface area contributed by atoms with Gasteiger partial charge < -0.3 is 33.9 Å². The Morgan fingerprint density at radius 2 is 2.00 bits per heavy atom. The number of amides is 2. The summed E-state index contributed by atoms with van der Waals surface area (Å²) in [4.78, 5) is 39.0. The zero-order valence-electron chi connectivity index (χ0n) is 19.8. The van der Waals surface area contributed by atoms with Crippen LogP contribution in [0.5, 0.6) is 11.5 Å². The number of urea groups is 1. The first-order valence-corrected chi connectivity index (χ1v) is 11.7. The second kappa shape index (κ2) is 9.30. The van der Waals surface area contributed by atoms with Crippen molar-refractivity contribution in [3.63, 3.8) is 0 Å². The number of ether oxygens (including phenoxy) is 3. The van der Waals surface area contributed by atoms with Gasteiger partial charge in [-0.1, -0.05) is 5.16 Å². The van der Waals surface area contributed by atoms with Crippen molar-refractivity contribution in [2.24, 2.45) is 0 Å². The van der Waals surface area contributed by atoms with Crippen molar-refractivity contribution in [1.29, 1.82) is 0 Å². The van der Waals surface area contributed by atoms with Crippen molar-refractivity contribution in [3.8, 4) is 22.9 Å². The van der Waals surface area contributed by atoms with Crippen LogP contribution in [0.1, 0.15) is 40.6 Å². The smallest absolute Gasteiger partial charge is 0.338 e. The molecule has 2 aliphatic heterocycles.